The van der Waals surface area contributed by atoms with Gasteiger partial charge in [-0.25, -0.2) is 4.79 Å². The van der Waals surface area contributed by atoms with Gasteiger partial charge in [-0.2, -0.15) is 0 Å². The van der Waals surface area contributed by atoms with Gasteiger partial charge in [0.2, 0.25) is 0 Å². The molecule has 0 aromatic carbocycles. The number of nitrogens with zero attached hydrogens (tertiary/aromatic N) is 1. The minimum Gasteiger partial charge on any atom is -0.388 e. The van der Waals surface area contributed by atoms with Gasteiger partial charge >= 0.3 is 13.3 Å². The van der Waals surface area contributed by atoms with E-state index in [4.69, 9.17) is 9.26 Å². The average Bonchev–Trinajstić information content (AvgIpc) is 2.97. The summed E-state index contributed by atoms with van der Waals surface area (Å²) in [6, 6.07) is 0. The molecular formula is C19H33N2O9P. The molecule has 1 saturated heterocycles. The maximum atomic E-state index is 12.8. The summed E-state index contributed by atoms with van der Waals surface area (Å²) in [6.07, 6.45) is -3.42. The molecule has 1 aliphatic rings. The molecule has 5 N–H and O–H groups in total. The Kier molecular flexibility index (Phi) is 7.75. The van der Waals surface area contributed by atoms with Crippen LogP contribution in [0.3, 0.4) is 0 Å². The number of aliphatic hydroxyl groups is 3. The van der Waals surface area contributed by atoms with Crippen LogP contribution >= 0.6 is 7.60 Å². The van der Waals surface area contributed by atoms with Crippen LogP contribution in [0.15, 0.2) is 15.8 Å². The molecule has 1 fully saturated rings. The Hall–Kier alpha value is -1.33. The Morgan fingerprint density at radius 3 is 2.29 bits per heavy atom. The molecule has 6 atom stereocenters. The van der Waals surface area contributed by atoms with E-state index >= 15 is 0 Å². The molecule has 2 unspecified atom stereocenters. The highest BCUT2D eigenvalue weighted by molar-refractivity contribution is 7.54. The van der Waals surface area contributed by atoms with Gasteiger partial charge in [-0.3, -0.25) is 18.9 Å². The lowest BCUT2D eigenvalue weighted by atomic mass is 9.88. The standard InChI is InChI=1S/C19H33N2O9P/c1-6-18(4,26)31(27,28)30-19(7-2,8-3)9-12-13(22)14(23)15(29-12)11-10-21(5)17(25)20-16(11)24/h10,12-15,22-23,26H,6-9H2,1-5H3,(H,27,28)(H,20,24,25)/t12-,13-,14-,15+,18?/m1/s1. The van der Waals surface area contributed by atoms with Crippen LogP contribution in [0.4, 0.5) is 0 Å². The number of ether oxygens (including phenoxy) is 1. The van der Waals surface area contributed by atoms with E-state index in [1.807, 2.05) is 0 Å². The van der Waals surface area contributed by atoms with Gasteiger partial charge in [-0.05, 0) is 26.2 Å². The quantitative estimate of drug-likeness (QED) is 0.326. The van der Waals surface area contributed by atoms with Crippen molar-refractivity contribution in [2.75, 3.05) is 0 Å². The Bertz CT molecular complexity index is 937. The summed E-state index contributed by atoms with van der Waals surface area (Å²) in [5.74, 6) is 0. The molecule has 2 rings (SSSR count). The van der Waals surface area contributed by atoms with Gasteiger partial charge in [0.25, 0.3) is 5.56 Å². The van der Waals surface area contributed by atoms with Gasteiger partial charge < -0.3 is 29.5 Å². The summed E-state index contributed by atoms with van der Waals surface area (Å²) < 4.78 is 25.3. The Labute approximate surface area is 180 Å². The van der Waals surface area contributed by atoms with Crippen LogP contribution in [0.5, 0.6) is 0 Å². The van der Waals surface area contributed by atoms with E-state index in [-0.39, 0.29) is 31.2 Å². The molecule has 12 heteroatoms. The Balaban J connectivity index is 2.33. The molecule has 0 spiro atoms. The van der Waals surface area contributed by atoms with Crippen molar-refractivity contribution in [2.24, 2.45) is 7.05 Å². The van der Waals surface area contributed by atoms with Gasteiger partial charge in [0.05, 0.1) is 17.3 Å². The predicted octanol–water partition coefficient (Wildman–Crippen LogP) is 0.505. The average molecular weight is 464 g/mol. The molecule has 31 heavy (non-hydrogen) atoms. The zero-order valence-electron chi connectivity index (χ0n) is 18.4. The molecule has 0 aliphatic carbocycles. The second-order valence-electron chi connectivity index (χ2n) is 8.31. The molecule has 0 bridgehead atoms. The van der Waals surface area contributed by atoms with Crippen molar-refractivity contribution in [3.05, 3.63) is 32.6 Å². The van der Waals surface area contributed by atoms with Crippen LogP contribution in [0.25, 0.3) is 0 Å². The smallest absolute Gasteiger partial charge is 0.359 e. The molecule has 1 aliphatic heterocycles. The van der Waals surface area contributed by atoms with Crippen molar-refractivity contribution in [2.45, 2.75) is 88.7 Å². The molecule has 2 heterocycles. The lowest BCUT2D eigenvalue weighted by Gasteiger charge is -2.39. The zero-order valence-corrected chi connectivity index (χ0v) is 19.3. The summed E-state index contributed by atoms with van der Waals surface area (Å²) in [5, 5.41) is 29.4. The van der Waals surface area contributed by atoms with E-state index in [9.17, 15) is 34.4 Å². The molecule has 0 radical (unpaired) electrons. The van der Waals surface area contributed by atoms with Gasteiger partial charge in [-0.1, -0.05) is 20.8 Å². The van der Waals surface area contributed by atoms with Crippen molar-refractivity contribution in [3.63, 3.8) is 0 Å². The minimum absolute atomic E-state index is 0.0108. The predicted molar refractivity (Wildman–Crippen MR) is 112 cm³/mol. The third-order valence-corrected chi connectivity index (χ3v) is 8.43. The van der Waals surface area contributed by atoms with Crippen molar-refractivity contribution < 1.29 is 34.0 Å². The summed E-state index contributed by atoms with van der Waals surface area (Å²) in [5.41, 5.74) is -2.64. The first kappa shape index (κ1) is 25.9. The number of aryl methyl sites for hydroxylation is 1. The molecule has 178 valence electrons. The molecule has 1 aromatic heterocycles. The molecule has 1 aromatic rings. The van der Waals surface area contributed by atoms with Gasteiger partial charge in [-0.15, -0.1) is 0 Å². The van der Waals surface area contributed by atoms with Gasteiger partial charge in [0.1, 0.15) is 18.3 Å². The topological polar surface area (TPSA) is 171 Å². The SMILES string of the molecule is CCC(CC)(C[C@H]1O[C@@H](c2cn(C)c(=O)[nH]c2=O)[C@H](O)[C@@H]1O)OP(=O)(O)C(C)(O)CC. The third-order valence-electron chi connectivity index (χ3n) is 6.26. The van der Waals surface area contributed by atoms with Gasteiger partial charge in [0, 0.05) is 19.7 Å². The third kappa shape index (κ3) is 5.03. The lowest BCUT2D eigenvalue weighted by Crippen LogP contribution is -2.41. The van der Waals surface area contributed by atoms with Crippen molar-refractivity contribution >= 4 is 7.60 Å². The molecule has 0 amide bonds. The van der Waals surface area contributed by atoms with Crippen LogP contribution < -0.4 is 11.2 Å². The van der Waals surface area contributed by atoms with E-state index in [2.05, 4.69) is 4.98 Å². The highest BCUT2D eigenvalue weighted by atomic mass is 31.2. The van der Waals surface area contributed by atoms with Crippen molar-refractivity contribution in [1.82, 2.24) is 9.55 Å². The normalized spacial score (nSPS) is 28.3. The summed E-state index contributed by atoms with van der Waals surface area (Å²) >= 11 is 0. The van der Waals surface area contributed by atoms with E-state index in [1.54, 1.807) is 20.8 Å². The highest BCUT2D eigenvalue weighted by Crippen LogP contribution is 2.59. The largest absolute Gasteiger partial charge is 0.388 e. The fourth-order valence-electron chi connectivity index (χ4n) is 3.59. The number of aromatic nitrogens is 2. The zero-order chi connectivity index (χ0) is 23.8. The summed E-state index contributed by atoms with van der Waals surface area (Å²) in [4.78, 5) is 36.3. The van der Waals surface area contributed by atoms with E-state index in [0.717, 1.165) is 4.57 Å². The Morgan fingerprint density at radius 2 is 1.77 bits per heavy atom. The lowest BCUT2D eigenvalue weighted by molar-refractivity contribution is -0.0620. The fraction of sp³-hybridized carbons (Fsp3) is 0.789. The first-order valence-corrected chi connectivity index (χ1v) is 11.9. The van der Waals surface area contributed by atoms with Crippen LogP contribution in [0, 0.1) is 0 Å². The number of nitrogens with one attached hydrogen (secondary N) is 1. The molecule has 11 nitrogen and oxygen atoms in total. The number of H-pyrrole nitrogens is 1. The maximum absolute atomic E-state index is 12.8. The van der Waals surface area contributed by atoms with Crippen LogP contribution in [0.1, 0.15) is 65.0 Å². The van der Waals surface area contributed by atoms with E-state index in [1.165, 1.54) is 20.2 Å². The highest BCUT2D eigenvalue weighted by Gasteiger charge is 2.51. The first-order chi connectivity index (χ1) is 14.2. The van der Waals surface area contributed by atoms with Crippen LogP contribution in [-0.2, 0) is 20.9 Å². The molecular weight excluding hydrogens is 431 g/mol. The van der Waals surface area contributed by atoms with Crippen LogP contribution in [-0.4, -0.2) is 59.0 Å². The van der Waals surface area contributed by atoms with Crippen molar-refractivity contribution in [1.29, 1.82) is 0 Å². The van der Waals surface area contributed by atoms with E-state index < -0.39 is 54.2 Å². The number of hydrogen-bond acceptors (Lipinski definition) is 8. The molecule has 0 saturated carbocycles. The second-order valence-corrected chi connectivity index (χ2v) is 10.5. The number of aliphatic hydroxyl groups excluding tert-OH is 2. The maximum Gasteiger partial charge on any atom is 0.359 e. The van der Waals surface area contributed by atoms with E-state index in [0.29, 0.717) is 0 Å². The monoisotopic (exact) mass is 464 g/mol. The Morgan fingerprint density at radius 1 is 1.19 bits per heavy atom. The van der Waals surface area contributed by atoms with Crippen molar-refractivity contribution in [3.8, 4) is 0 Å². The van der Waals surface area contributed by atoms with Crippen LogP contribution in [0.2, 0.25) is 0 Å². The fourth-order valence-corrected chi connectivity index (χ4v) is 5.05. The van der Waals surface area contributed by atoms with Gasteiger partial charge in [0.15, 0.2) is 5.34 Å². The number of aromatic amines is 1. The minimum atomic E-state index is -4.47. The summed E-state index contributed by atoms with van der Waals surface area (Å²) in [6.45, 7) is 6.24. The number of rotatable bonds is 9. The second kappa shape index (κ2) is 9.27. The summed E-state index contributed by atoms with van der Waals surface area (Å²) in [7, 11) is -3.05. The number of hydrogen-bond donors (Lipinski definition) is 5. The first-order valence-electron chi connectivity index (χ1n) is 10.3.